The Labute approximate surface area is 149 Å². The third-order valence-corrected chi connectivity index (χ3v) is 6.40. The smallest absolute Gasteiger partial charge is 0.273 e. The van der Waals surface area contributed by atoms with Gasteiger partial charge < -0.3 is 9.64 Å². The van der Waals surface area contributed by atoms with E-state index in [4.69, 9.17) is 4.74 Å². The summed E-state index contributed by atoms with van der Waals surface area (Å²) in [5.74, 6) is 0.0985. The van der Waals surface area contributed by atoms with Crippen LogP contribution in [-0.4, -0.2) is 66.1 Å². The van der Waals surface area contributed by atoms with Crippen molar-refractivity contribution in [1.29, 1.82) is 0 Å². The van der Waals surface area contributed by atoms with Crippen molar-refractivity contribution < 1.29 is 9.53 Å². The monoisotopic (exact) mass is 351 g/mol. The Morgan fingerprint density at radius 3 is 2.71 bits per heavy atom. The van der Waals surface area contributed by atoms with E-state index in [9.17, 15) is 4.79 Å². The first kappa shape index (κ1) is 17.8. The molecule has 5 nitrogen and oxygen atoms in total. The minimum atomic E-state index is 0.0985. The molecule has 2 aliphatic heterocycles. The molecule has 2 saturated heterocycles. The number of methoxy groups -OCH3 is 1. The Morgan fingerprint density at radius 2 is 2.17 bits per heavy atom. The summed E-state index contributed by atoms with van der Waals surface area (Å²) in [7, 11) is 1.79. The molecule has 134 valence electrons. The van der Waals surface area contributed by atoms with Crippen molar-refractivity contribution in [3.05, 3.63) is 16.1 Å². The molecule has 0 unspecified atom stereocenters. The average Bonchev–Trinajstić information content (AvgIpc) is 3.13. The van der Waals surface area contributed by atoms with Crippen molar-refractivity contribution in [2.45, 2.75) is 52.1 Å². The molecule has 0 aromatic carbocycles. The van der Waals surface area contributed by atoms with E-state index < -0.39 is 0 Å². The summed E-state index contributed by atoms with van der Waals surface area (Å²) in [4.78, 5) is 21.5. The second-order valence-corrected chi connectivity index (χ2v) is 8.69. The quantitative estimate of drug-likeness (QED) is 0.837. The lowest BCUT2D eigenvalue weighted by Crippen LogP contribution is -2.45. The largest absolute Gasteiger partial charge is 0.383 e. The van der Waals surface area contributed by atoms with Crippen LogP contribution >= 0.6 is 11.3 Å². The maximum atomic E-state index is 12.6. The van der Waals surface area contributed by atoms with Gasteiger partial charge in [-0.2, -0.15) is 0 Å². The number of hydrogen-bond acceptors (Lipinski definition) is 5. The number of ether oxygens (including phenoxy) is 1. The number of rotatable bonds is 4. The molecule has 1 spiro atoms. The first-order chi connectivity index (χ1) is 11.4. The average molecular weight is 352 g/mol. The Hall–Kier alpha value is -0.980. The van der Waals surface area contributed by atoms with Gasteiger partial charge in [0.2, 0.25) is 0 Å². The Bertz CT molecular complexity index is 579. The van der Waals surface area contributed by atoms with Gasteiger partial charge in [0.15, 0.2) is 0 Å². The number of piperidine rings is 1. The molecule has 2 fully saturated rings. The van der Waals surface area contributed by atoms with Crippen LogP contribution in [0.4, 0.5) is 0 Å². The summed E-state index contributed by atoms with van der Waals surface area (Å²) < 4.78 is 5.45. The molecule has 1 aromatic heterocycles. The predicted molar refractivity (Wildman–Crippen MR) is 96.5 cm³/mol. The summed E-state index contributed by atoms with van der Waals surface area (Å²) in [6.07, 6.45) is 3.37. The van der Waals surface area contributed by atoms with Gasteiger partial charge in [0.25, 0.3) is 5.91 Å². The van der Waals surface area contributed by atoms with Gasteiger partial charge in [-0.25, -0.2) is 4.98 Å². The van der Waals surface area contributed by atoms with Crippen LogP contribution in [-0.2, 0) is 4.74 Å². The van der Waals surface area contributed by atoms with E-state index >= 15 is 0 Å². The normalized spacial score (nSPS) is 24.2. The van der Waals surface area contributed by atoms with Gasteiger partial charge in [0, 0.05) is 44.2 Å². The van der Waals surface area contributed by atoms with Crippen LogP contribution in [0.15, 0.2) is 5.38 Å². The predicted octanol–water partition coefficient (Wildman–Crippen LogP) is 2.80. The van der Waals surface area contributed by atoms with Crippen molar-refractivity contribution in [1.82, 2.24) is 14.8 Å². The van der Waals surface area contributed by atoms with Crippen molar-refractivity contribution in [2.75, 3.05) is 33.4 Å². The summed E-state index contributed by atoms with van der Waals surface area (Å²) in [5.41, 5.74) is 0.961. The summed E-state index contributed by atoms with van der Waals surface area (Å²) in [5, 5.41) is 2.84. The fourth-order valence-corrected chi connectivity index (χ4v) is 4.91. The molecule has 0 radical (unpaired) electrons. The van der Waals surface area contributed by atoms with E-state index in [2.05, 4.69) is 23.7 Å². The van der Waals surface area contributed by atoms with Crippen LogP contribution < -0.4 is 0 Å². The summed E-state index contributed by atoms with van der Waals surface area (Å²) in [6, 6.07) is 1.06. The van der Waals surface area contributed by atoms with Crippen LogP contribution in [0.2, 0.25) is 0 Å². The number of aromatic nitrogens is 1. The lowest BCUT2D eigenvalue weighted by molar-refractivity contribution is 0.0577. The third-order valence-electron chi connectivity index (χ3n) is 5.63. The van der Waals surface area contributed by atoms with E-state index in [-0.39, 0.29) is 5.91 Å². The van der Waals surface area contributed by atoms with Gasteiger partial charge in [-0.05, 0) is 45.4 Å². The molecule has 2 aliphatic rings. The number of nitrogens with zero attached hydrogens (tertiary/aromatic N) is 3. The Kier molecular flexibility index (Phi) is 5.27. The molecule has 3 rings (SSSR count). The molecule has 0 N–H and O–H groups in total. The molecular weight excluding hydrogens is 322 g/mol. The van der Waals surface area contributed by atoms with Crippen LogP contribution in [0.5, 0.6) is 0 Å². The molecular formula is C18H29N3O2S. The highest BCUT2D eigenvalue weighted by Crippen LogP contribution is 2.44. The number of aryl methyl sites for hydroxylation is 1. The second kappa shape index (κ2) is 7.10. The molecule has 0 bridgehead atoms. The van der Waals surface area contributed by atoms with Crippen molar-refractivity contribution >= 4 is 17.2 Å². The molecule has 6 heteroatoms. The number of hydrogen-bond donors (Lipinski definition) is 0. The number of amides is 1. The topological polar surface area (TPSA) is 45.7 Å². The molecule has 3 heterocycles. The lowest BCUT2D eigenvalue weighted by Gasteiger charge is -2.39. The SMILES string of the molecule is COC[C@@H]1CC2(CCN(C(=O)c3csc(C)n3)CC2)CN1C(C)C. The van der Waals surface area contributed by atoms with Crippen molar-refractivity contribution in [2.24, 2.45) is 5.41 Å². The van der Waals surface area contributed by atoms with Gasteiger partial charge >= 0.3 is 0 Å². The van der Waals surface area contributed by atoms with Gasteiger partial charge in [0.05, 0.1) is 11.6 Å². The van der Waals surface area contributed by atoms with E-state index in [1.54, 1.807) is 18.4 Å². The summed E-state index contributed by atoms with van der Waals surface area (Å²) in [6.45, 7) is 10.1. The van der Waals surface area contributed by atoms with Gasteiger partial charge in [-0.1, -0.05) is 0 Å². The highest BCUT2D eigenvalue weighted by molar-refractivity contribution is 7.09. The maximum Gasteiger partial charge on any atom is 0.273 e. The number of thiazole rings is 1. The molecule has 24 heavy (non-hydrogen) atoms. The minimum Gasteiger partial charge on any atom is -0.383 e. The zero-order chi connectivity index (χ0) is 17.3. The third kappa shape index (κ3) is 3.51. The molecule has 0 saturated carbocycles. The molecule has 1 amide bonds. The van der Waals surface area contributed by atoms with Crippen molar-refractivity contribution in [3.8, 4) is 0 Å². The van der Waals surface area contributed by atoms with E-state index in [0.717, 1.165) is 44.1 Å². The number of carbonyl (C=O) groups excluding carboxylic acids is 1. The zero-order valence-corrected chi connectivity index (χ0v) is 16.1. The van der Waals surface area contributed by atoms with E-state index in [1.807, 2.05) is 17.2 Å². The number of likely N-dealkylation sites (tertiary alicyclic amines) is 2. The molecule has 1 atom stereocenters. The highest BCUT2D eigenvalue weighted by Gasteiger charge is 2.46. The maximum absolute atomic E-state index is 12.6. The van der Waals surface area contributed by atoms with Crippen LogP contribution in [0.25, 0.3) is 0 Å². The van der Waals surface area contributed by atoms with E-state index in [0.29, 0.717) is 23.2 Å². The first-order valence-electron chi connectivity index (χ1n) is 8.90. The minimum absolute atomic E-state index is 0.0985. The van der Waals surface area contributed by atoms with E-state index in [1.165, 1.54) is 6.42 Å². The van der Waals surface area contributed by atoms with Crippen LogP contribution in [0.1, 0.15) is 48.6 Å². The Morgan fingerprint density at radius 1 is 1.46 bits per heavy atom. The fraction of sp³-hybridized carbons (Fsp3) is 0.778. The molecule has 1 aromatic rings. The van der Waals surface area contributed by atoms with Gasteiger partial charge in [-0.15, -0.1) is 11.3 Å². The Balaban J connectivity index is 1.63. The standard InChI is InChI=1S/C18H29N3O2S/c1-13(2)21-12-18(9-15(21)10-23-4)5-7-20(8-6-18)17(22)16-11-24-14(3)19-16/h11,13,15H,5-10,12H2,1-4H3/t15-/m0/s1. The second-order valence-electron chi connectivity index (χ2n) is 7.62. The highest BCUT2D eigenvalue weighted by atomic mass is 32.1. The first-order valence-corrected chi connectivity index (χ1v) is 9.78. The zero-order valence-electron chi connectivity index (χ0n) is 15.2. The van der Waals surface area contributed by atoms with Crippen LogP contribution in [0.3, 0.4) is 0 Å². The fourth-order valence-electron chi connectivity index (χ4n) is 4.32. The van der Waals surface area contributed by atoms with Gasteiger partial charge in [-0.3, -0.25) is 9.69 Å². The van der Waals surface area contributed by atoms with Crippen molar-refractivity contribution in [3.63, 3.8) is 0 Å². The molecule has 0 aliphatic carbocycles. The van der Waals surface area contributed by atoms with Gasteiger partial charge in [0.1, 0.15) is 5.69 Å². The summed E-state index contributed by atoms with van der Waals surface area (Å²) >= 11 is 1.55. The lowest BCUT2D eigenvalue weighted by atomic mass is 9.76. The number of carbonyl (C=O) groups is 1. The van der Waals surface area contributed by atoms with Crippen LogP contribution in [0, 0.1) is 12.3 Å².